The molecule has 2 atom stereocenters. The van der Waals surface area contributed by atoms with Gasteiger partial charge < -0.3 is 23.8 Å². The molecule has 8 nitrogen and oxygen atoms in total. The van der Waals surface area contributed by atoms with Gasteiger partial charge in [-0.15, -0.1) is 0 Å². The van der Waals surface area contributed by atoms with Gasteiger partial charge >= 0.3 is 17.9 Å². The van der Waals surface area contributed by atoms with Gasteiger partial charge in [0.2, 0.25) is 0 Å². The molecule has 2 unspecified atom stereocenters. The molecule has 0 rings (SSSR count). The average Bonchev–Trinajstić information content (AvgIpc) is 3.14. The van der Waals surface area contributed by atoms with Crippen LogP contribution in [0.3, 0.4) is 0 Å². The van der Waals surface area contributed by atoms with E-state index in [1.54, 1.807) is 0 Å². The molecule has 0 bridgehead atoms. The van der Waals surface area contributed by atoms with E-state index in [0.717, 1.165) is 38.5 Å². The lowest BCUT2D eigenvalue weighted by molar-refractivity contribution is -0.887. The number of aliphatic carboxylic acids is 1. The lowest BCUT2D eigenvalue weighted by atomic mass is 10.0. The second kappa shape index (κ2) is 38.9. The Labute approximate surface area is 339 Å². The van der Waals surface area contributed by atoms with Crippen molar-refractivity contribution in [2.75, 3.05) is 41.0 Å². The number of carboxylic acid groups (broad SMARTS) is 1. The number of carbonyl (C=O) groups is 3. The first-order chi connectivity index (χ1) is 26.6. The van der Waals surface area contributed by atoms with Crippen molar-refractivity contribution >= 4 is 17.9 Å². The maximum atomic E-state index is 12.7. The van der Waals surface area contributed by atoms with Crippen LogP contribution in [-0.2, 0) is 28.6 Å². The number of hydrogen-bond donors (Lipinski definition) is 1. The molecule has 0 amide bonds. The normalized spacial score (nSPS) is 13.0. The van der Waals surface area contributed by atoms with Gasteiger partial charge in [0.25, 0.3) is 0 Å². The number of hydrogen-bond acceptors (Lipinski definition) is 6. The molecule has 0 saturated carbocycles. The van der Waals surface area contributed by atoms with Crippen LogP contribution in [0, 0.1) is 0 Å². The van der Waals surface area contributed by atoms with Crippen molar-refractivity contribution in [1.82, 2.24) is 0 Å². The highest BCUT2D eigenvalue weighted by molar-refractivity contribution is 5.72. The van der Waals surface area contributed by atoms with E-state index in [0.29, 0.717) is 19.3 Å². The molecule has 324 valence electrons. The Morgan fingerprint density at radius 3 is 1.31 bits per heavy atom. The molecule has 0 heterocycles. The molecule has 55 heavy (non-hydrogen) atoms. The van der Waals surface area contributed by atoms with Crippen LogP contribution < -0.4 is 0 Å². The van der Waals surface area contributed by atoms with E-state index in [1.165, 1.54) is 148 Å². The van der Waals surface area contributed by atoms with Gasteiger partial charge in [0.05, 0.1) is 34.4 Å². The summed E-state index contributed by atoms with van der Waals surface area (Å²) >= 11 is 0. The highest BCUT2D eigenvalue weighted by Gasteiger charge is 2.31. The summed E-state index contributed by atoms with van der Waals surface area (Å²) in [5.41, 5.74) is 0. The van der Waals surface area contributed by atoms with Crippen LogP contribution in [0.25, 0.3) is 0 Å². The Kier molecular flexibility index (Phi) is 37.6. The predicted octanol–water partition coefficient (Wildman–Crippen LogP) is 12.7. The summed E-state index contributed by atoms with van der Waals surface area (Å²) in [6, 6.07) is -0.611. The topological polar surface area (TPSA) is 99.1 Å². The van der Waals surface area contributed by atoms with Crippen LogP contribution in [0.1, 0.15) is 219 Å². The zero-order valence-electron chi connectivity index (χ0n) is 36.9. The molecule has 0 radical (unpaired) electrons. The Hall–Kier alpha value is -1.93. The highest BCUT2D eigenvalue weighted by atomic mass is 16.6. The molecule has 0 aliphatic carbocycles. The lowest BCUT2D eigenvalue weighted by Gasteiger charge is -2.31. The number of rotatable bonds is 42. The van der Waals surface area contributed by atoms with Gasteiger partial charge in [0.15, 0.2) is 12.1 Å². The van der Waals surface area contributed by atoms with Gasteiger partial charge in [0, 0.05) is 19.3 Å². The Balaban J connectivity index is 4.29. The molecule has 0 saturated heterocycles. The first-order valence-electron chi connectivity index (χ1n) is 23.2. The minimum absolute atomic E-state index is 0.0465. The van der Waals surface area contributed by atoms with Gasteiger partial charge in [-0.05, 0) is 38.5 Å². The number of unbranched alkanes of at least 4 members (excludes halogenated alkanes) is 26. The van der Waals surface area contributed by atoms with Crippen molar-refractivity contribution < 1.29 is 38.2 Å². The molecule has 8 heteroatoms. The molecule has 1 N–H and O–H groups in total. The lowest BCUT2D eigenvalue weighted by Crippen LogP contribution is -2.50. The summed E-state index contributed by atoms with van der Waals surface area (Å²) in [6.07, 6.45) is 41.0. The monoisotopic (exact) mass is 781 g/mol. The molecule has 0 aromatic rings. The molecule has 0 aromatic carbocycles. The fourth-order valence-electron chi connectivity index (χ4n) is 7.03. The molecule has 0 aromatic heterocycles. The number of carbonyl (C=O) groups excluding carboxylic acids is 2. The number of esters is 2. The van der Waals surface area contributed by atoms with Crippen LogP contribution in [0.15, 0.2) is 12.2 Å². The van der Waals surface area contributed by atoms with E-state index >= 15 is 0 Å². The number of quaternary nitrogens is 1. The first-order valence-corrected chi connectivity index (χ1v) is 23.2. The summed E-state index contributed by atoms with van der Waals surface area (Å²) in [5.74, 6) is -1.46. The van der Waals surface area contributed by atoms with Crippen LogP contribution in [0.2, 0.25) is 0 Å². The number of carboxylic acids is 1. The number of ether oxygens (including phenoxy) is 3. The number of allylic oxidation sites excluding steroid dienone is 2. The van der Waals surface area contributed by atoms with Crippen LogP contribution in [-0.4, -0.2) is 80.6 Å². The molecule has 0 aliphatic heterocycles. The molecular weight excluding hydrogens is 691 g/mol. The van der Waals surface area contributed by atoms with E-state index < -0.39 is 18.1 Å². The Morgan fingerprint density at radius 1 is 0.527 bits per heavy atom. The van der Waals surface area contributed by atoms with Gasteiger partial charge in [0.1, 0.15) is 6.61 Å². The zero-order chi connectivity index (χ0) is 40.7. The van der Waals surface area contributed by atoms with Crippen LogP contribution in [0.5, 0.6) is 0 Å². The standard InChI is InChI=1S/C47H89NO7/c1-6-8-10-12-14-16-18-20-22-23-24-26-28-30-32-34-36-38-46(50)55-43(41-53-40-39-44(47(51)52)48(3,4)5)42-54-45(49)37-35-33-31-29-27-25-21-19-17-15-13-11-9-7-2/h20,22,43-44H,6-19,21,23-42H2,1-5H3/p+1/b22-20-. The number of likely N-dealkylation sites (N-methyl/N-ethyl adjacent to an activating group) is 1. The van der Waals surface area contributed by atoms with Gasteiger partial charge in [-0.2, -0.15) is 0 Å². The second-order valence-corrected chi connectivity index (χ2v) is 17.0. The van der Waals surface area contributed by atoms with Gasteiger partial charge in [-0.25, -0.2) is 4.79 Å². The largest absolute Gasteiger partial charge is 0.477 e. The first kappa shape index (κ1) is 53.1. The molecule has 0 fully saturated rings. The van der Waals surface area contributed by atoms with E-state index in [4.69, 9.17) is 14.2 Å². The third kappa shape index (κ3) is 37.4. The van der Waals surface area contributed by atoms with Gasteiger partial charge in [-0.1, -0.05) is 174 Å². The van der Waals surface area contributed by atoms with E-state index in [9.17, 15) is 19.5 Å². The molecule has 0 spiro atoms. The van der Waals surface area contributed by atoms with Crippen molar-refractivity contribution in [1.29, 1.82) is 0 Å². The van der Waals surface area contributed by atoms with Crippen molar-refractivity contribution in [2.24, 2.45) is 0 Å². The summed E-state index contributed by atoms with van der Waals surface area (Å²) in [7, 11) is 5.54. The fraction of sp³-hybridized carbons (Fsp3) is 0.894. The van der Waals surface area contributed by atoms with Crippen molar-refractivity contribution in [3.8, 4) is 0 Å². The fourth-order valence-corrected chi connectivity index (χ4v) is 7.03. The van der Waals surface area contributed by atoms with Gasteiger partial charge in [-0.3, -0.25) is 9.59 Å². The van der Waals surface area contributed by atoms with Crippen molar-refractivity contribution in [2.45, 2.75) is 231 Å². The van der Waals surface area contributed by atoms with E-state index in [1.807, 2.05) is 21.1 Å². The Morgan fingerprint density at radius 2 is 0.909 bits per heavy atom. The smallest absolute Gasteiger partial charge is 0.362 e. The second-order valence-electron chi connectivity index (χ2n) is 17.0. The van der Waals surface area contributed by atoms with Crippen LogP contribution in [0.4, 0.5) is 0 Å². The molecular formula is C47H90NO7+. The minimum Gasteiger partial charge on any atom is -0.477 e. The summed E-state index contributed by atoms with van der Waals surface area (Å²) < 4.78 is 17.3. The van der Waals surface area contributed by atoms with Crippen LogP contribution >= 0.6 is 0 Å². The zero-order valence-corrected chi connectivity index (χ0v) is 36.9. The van der Waals surface area contributed by atoms with E-state index in [-0.39, 0.29) is 36.2 Å². The third-order valence-electron chi connectivity index (χ3n) is 10.7. The maximum Gasteiger partial charge on any atom is 0.362 e. The minimum atomic E-state index is -0.872. The predicted molar refractivity (Wildman–Crippen MR) is 229 cm³/mol. The van der Waals surface area contributed by atoms with Crippen molar-refractivity contribution in [3.05, 3.63) is 12.2 Å². The summed E-state index contributed by atoms with van der Waals surface area (Å²) in [6.45, 7) is 4.76. The quantitative estimate of drug-likeness (QED) is 0.0285. The summed E-state index contributed by atoms with van der Waals surface area (Å²) in [4.78, 5) is 37.0. The summed E-state index contributed by atoms with van der Waals surface area (Å²) in [5, 5.41) is 9.62. The molecule has 0 aliphatic rings. The highest BCUT2D eigenvalue weighted by Crippen LogP contribution is 2.15. The SMILES string of the molecule is CCCCCCCC/C=C\CCCCCCCCCC(=O)OC(COCCC(C(=O)O)[N+](C)(C)C)COC(=O)CCCCCCCCCCCCCCCC. The van der Waals surface area contributed by atoms with E-state index in [2.05, 4.69) is 26.0 Å². The van der Waals surface area contributed by atoms with Crippen molar-refractivity contribution in [3.63, 3.8) is 0 Å². The third-order valence-corrected chi connectivity index (χ3v) is 10.7. The Bertz CT molecular complexity index is 915. The average molecular weight is 781 g/mol. The maximum absolute atomic E-state index is 12.7. The number of nitrogens with zero attached hydrogens (tertiary/aromatic N) is 1.